The monoisotopic (exact) mass is 271 g/mol. The van der Waals surface area contributed by atoms with Crippen LogP contribution in [0.4, 0.5) is 13.2 Å². The van der Waals surface area contributed by atoms with Crippen LogP contribution in [0.2, 0.25) is 0 Å². The summed E-state index contributed by atoms with van der Waals surface area (Å²) >= 11 is 0. The Hall–Kier alpha value is -0.860. The molecule has 4 atom stereocenters. The summed E-state index contributed by atoms with van der Waals surface area (Å²) in [6, 6.07) is 0. The Kier molecular flexibility index (Phi) is 4.24. The minimum absolute atomic E-state index is 0.0726. The number of carbonyl (C=O) groups excluding carboxylic acids is 1. The van der Waals surface area contributed by atoms with Crippen molar-refractivity contribution in [3.63, 3.8) is 0 Å². The maximum Gasteiger partial charge on any atom is 0.471 e. The molecule has 1 amide bonds. The Balaban J connectivity index is 2.84. The normalized spacial score (nSPS) is 37.4. The summed E-state index contributed by atoms with van der Waals surface area (Å²) in [6.45, 7) is 2.82. The molecule has 0 aliphatic carbocycles. The smallest absolute Gasteiger partial charge is 0.388 e. The lowest BCUT2D eigenvalue weighted by atomic mass is 9.85. The molecule has 1 heterocycles. The standard InChI is InChI=1S/C10H16F3NO4/c1-5-7(15)9(2,4-6(17-3)18-5)14-8(16)10(11,12)13/h5-7,15H,4H2,1-3H3,(H,14,16)/t5-,6-,7+,9-/m0/s1. The number of alkyl halides is 3. The molecule has 1 saturated heterocycles. The number of hydrogen-bond donors (Lipinski definition) is 2. The van der Waals surface area contributed by atoms with Crippen molar-refractivity contribution in [1.82, 2.24) is 5.32 Å². The van der Waals surface area contributed by atoms with Gasteiger partial charge in [0.15, 0.2) is 6.29 Å². The zero-order valence-corrected chi connectivity index (χ0v) is 10.2. The predicted octanol–water partition coefficient (Wildman–Crippen LogP) is 0.566. The van der Waals surface area contributed by atoms with E-state index in [1.807, 2.05) is 0 Å². The van der Waals surface area contributed by atoms with Gasteiger partial charge in [0.2, 0.25) is 0 Å². The quantitative estimate of drug-likeness (QED) is 0.770. The van der Waals surface area contributed by atoms with Gasteiger partial charge in [0.25, 0.3) is 0 Å². The second kappa shape index (κ2) is 5.02. The highest BCUT2D eigenvalue weighted by molar-refractivity contribution is 5.82. The maximum atomic E-state index is 12.2. The molecule has 0 aromatic rings. The molecule has 8 heteroatoms. The lowest BCUT2D eigenvalue weighted by Gasteiger charge is -2.45. The molecule has 0 bridgehead atoms. The summed E-state index contributed by atoms with van der Waals surface area (Å²) < 4.78 is 46.8. The molecule has 0 unspecified atom stereocenters. The van der Waals surface area contributed by atoms with Gasteiger partial charge in [-0.1, -0.05) is 0 Å². The third-order valence-electron chi connectivity index (χ3n) is 2.97. The van der Waals surface area contributed by atoms with Crippen LogP contribution in [0.25, 0.3) is 0 Å². The number of nitrogens with one attached hydrogen (secondary N) is 1. The highest BCUT2D eigenvalue weighted by Crippen LogP contribution is 2.30. The lowest BCUT2D eigenvalue weighted by Crippen LogP contribution is -2.65. The second-order valence-electron chi connectivity index (χ2n) is 4.52. The van der Waals surface area contributed by atoms with Crippen LogP contribution in [-0.4, -0.2) is 48.3 Å². The fourth-order valence-electron chi connectivity index (χ4n) is 1.94. The maximum absolute atomic E-state index is 12.2. The highest BCUT2D eigenvalue weighted by atomic mass is 19.4. The van der Waals surface area contributed by atoms with Gasteiger partial charge in [0.1, 0.15) is 6.10 Å². The van der Waals surface area contributed by atoms with Gasteiger partial charge in [-0.2, -0.15) is 13.2 Å². The molecule has 106 valence electrons. The summed E-state index contributed by atoms with van der Waals surface area (Å²) in [5.41, 5.74) is -1.45. The third-order valence-corrected chi connectivity index (χ3v) is 2.97. The molecule has 0 aromatic heterocycles. The largest absolute Gasteiger partial charge is 0.471 e. The fraction of sp³-hybridized carbons (Fsp3) is 0.900. The van der Waals surface area contributed by atoms with E-state index in [0.29, 0.717) is 0 Å². The molecule has 0 spiro atoms. The Morgan fingerprint density at radius 2 is 2.11 bits per heavy atom. The van der Waals surface area contributed by atoms with Gasteiger partial charge in [0, 0.05) is 13.5 Å². The van der Waals surface area contributed by atoms with Crippen LogP contribution >= 0.6 is 0 Å². The summed E-state index contributed by atoms with van der Waals surface area (Å²) in [5, 5.41) is 11.7. The average Bonchev–Trinajstić information content (AvgIpc) is 2.24. The molecule has 2 N–H and O–H groups in total. The van der Waals surface area contributed by atoms with E-state index in [4.69, 9.17) is 9.47 Å². The van der Waals surface area contributed by atoms with Gasteiger partial charge in [-0.3, -0.25) is 4.79 Å². The molecule has 1 aliphatic heterocycles. The van der Waals surface area contributed by atoms with Crippen molar-refractivity contribution < 1.29 is 32.5 Å². The first-order valence-corrected chi connectivity index (χ1v) is 5.36. The highest BCUT2D eigenvalue weighted by Gasteiger charge is 2.49. The SMILES string of the molecule is CO[C@@H]1C[C@](C)(NC(=O)C(F)(F)F)[C@H](O)[C@H](C)O1. The van der Waals surface area contributed by atoms with Gasteiger partial charge in [-0.05, 0) is 13.8 Å². The number of halogens is 3. The molecule has 5 nitrogen and oxygen atoms in total. The van der Waals surface area contributed by atoms with E-state index in [1.165, 1.54) is 21.0 Å². The topological polar surface area (TPSA) is 67.8 Å². The van der Waals surface area contributed by atoms with Gasteiger partial charge < -0.3 is 19.9 Å². The number of amides is 1. The van der Waals surface area contributed by atoms with E-state index < -0.39 is 36.1 Å². The number of methoxy groups -OCH3 is 1. The third kappa shape index (κ3) is 3.12. The van der Waals surface area contributed by atoms with Crippen molar-refractivity contribution in [3.05, 3.63) is 0 Å². The van der Waals surface area contributed by atoms with Crippen LogP contribution in [0.1, 0.15) is 20.3 Å². The van der Waals surface area contributed by atoms with Gasteiger partial charge in [-0.15, -0.1) is 0 Å². The number of carbonyl (C=O) groups is 1. The number of aliphatic hydroxyl groups excluding tert-OH is 1. The van der Waals surface area contributed by atoms with Crippen LogP contribution in [0.5, 0.6) is 0 Å². The van der Waals surface area contributed by atoms with E-state index in [1.54, 1.807) is 5.32 Å². The van der Waals surface area contributed by atoms with E-state index in [0.717, 1.165) is 0 Å². The van der Waals surface area contributed by atoms with Crippen LogP contribution in [0, 0.1) is 0 Å². The van der Waals surface area contributed by atoms with Crippen molar-refractivity contribution in [2.24, 2.45) is 0 Å². The van der Waals surface area contributed by atoms with Gasteiger partial charge >= 0.3 is 12.1 Å². The Morgan fingerprint density at radius 3 is 2.56 bits per heavy atom. The van der Waals surface area contributed by atoms with Crippen molar-refractivity contribution in [2.75, 3.05) is 7.11 Å². The first kappa shape index (κ1) is 15.2. The summed E-state index contributed by atoms with van der Waals surface area (Å²) in [4.78, 5) is 11.0. The zero-order chi connectivity index (χ0) is 14.1. The summed E-state index contributed by atoms with van der Waals surface area (Å²) in [7, 11) is 1.33. The number of rotatable bonds is 2. The van der Waals surface area contributed by atoms with Gasteiger partial charge in [0.05, 0.1) is 11.6 Å². The lowest BCUT2D eigenvalue weighted by molar-refractivity contribution is -0.234. The Morgan fingerprint density at radius 1 is 1.56 bits per heavy atom. The first-order valence-electron chi connectivity index (χ1n) is 5.36. The van der Waals surface area contributed by atoms with Crippen LogP contribution in [-0.2, 0) is 14.3 Å². The zero-order valence-electron chi connectivity index (χ0n) is 10.2. The molecular weight excluding hydrogens is 255 g/mol. The number of aliphatic hydroxyl groups is 1. The number of hydrogen-bond acceptors (Lipinski definition) is 4. The molecule has 0 radical (unpaired) electrons. The minimum atomic E-state index is -4.99. The van der Waals surface area contributed by atoms with Crippen molar-refractivity contribution in [1.29, 1.82) is 0 Å². The van der Waals surface area contributed by atoms with Crippen LogP contribution < -0.4 is 5.32 Å². The Bertz CT molecular complexity index is 323. The molecule has 0 aromatic carbocycles. The van der Waals surface area contributed by atoms with Crippen LogP contribution in [0.3, 0.4) is 0 Å². The molecule has 1 fully saturated rings. The van der Waals surface area contributed by atoms with E-state index in [2.05, 4.69) is 0 Å². The molecular formula is C10H16F3NO4. The van der Waals surface area contributed by atoms with Gasteiger partial charge in [-0.25, -0.2) is 0 Å². The van der Waals surface area contributed by atoms with E-state index in [9.17, 15) is 23.1 Å². The van der Waals surface area contributed by atoms with Crippen LogP contribution in [0.15, 0.2) is 0 Å². The van der Waals surface area contributed by atoms with E-state index in [-0.39, 0.29) is 6.42 Å². The fourth-order valence-corrected chi connectivity index (χ4v) is 1.94. The second-order valence-corrected chi connectivity index (χ2v) is 4.52. The first-order chi connectivity index (χ1) is 8.10. The average molecular weight is 271 g/mol. The van der Waals surface area contributed by atoms with Crippen molar-refractivity contribution in [2.45, 2.75) is 50.5 Å². The van der Waals surface area contributed by atoms with Crippen molar-refractivity contribution in [3.8, 4) is 0 Å². The Labute approximate surface area is 102 Å². The molecule has 1 rings (SSSR count). The summed E-state index contributed by atoms with van der Waals surface area (Å²) in [6.07, 6.45) is -7.84. The minimum Gasteiger partial charge on any atom is -0.388 e. The molecule has 1 aliphatic rings. The molecule has 0 saturated carbocycles. The molecule has 18 heavy (non-hydrogen) atoms. The van der Waals surface area contributed by atoms with Crippen molar-refractivity contribution >= 4 is 5.91 Å². The number of ether oxygens (including phenoxy) is 2. The predicted molar refractivity (Wildman–Crippen MR) is 54.6 cm³/mol. The summed E-state index contributed by atoms with van der Waals surface area (Å²) in [5.74, 6) is -2.09. The van der Waals surface area contributed by atoms with E-state index >= 15 is 0 Å².